The molecular formula is C12H14F2N2O. The first-order valence-electron chi connectivity index (χ1n) is 5.35. The first-order chi connectivity index (χ1) is 7.80. The average molecular weight is 240 g/mol. The zero-order chi connectivity index (χ0) is 12.8. The van der Waals surface area contributed by atoms with Crippen molar-refractivity contribution in [3.63, 3.8) is 0 Å². The fourth-order valence-electron chi connectivity index (χ4n) is 2.08. The second kappa shape index (κ2) is 3.68. The van der Waals surface area contributed by atoms with Gasteiger partial charge >= 0.3 is 0 Å². The zero-order valence-corrected chi connectivity index (χ0v) is 9.97. The number of nitrogens with one attached hydrogen (secondary N) is 1. The standard InChI is InChI=1S/C12H14F2N2O/c1-7(17)16-6-12(2,3)15-10-5-8(13)4-9(14)11(10)16/h4-5,15H,6H2,1-3H3. The van der Waals surface area contributed by atoms with Gasteiger partial charge in [-0.3, -0.25) is 4.79 Å². The van der Waals surface area contributed by atoms with Crippen LogP contribution in [-0.2, 0) is 4.79 Å². The summed E-state index contributed by atoms with van der Waals surface area (Å²) in [5.41, 5.74) is 0.0194. The minimum absolute atomic E-state index is 0.123. The third-order valence-electron chi connectivity index (χ3n) is 2.70. The van der Waals surface area contributed by atoms with Gasteiger partial charge in [0.15, 0.2) is 5.82 Å². The van der Waals surface area contributed by atoms with Gasteiger partial charge in [0.05, 0.1) is 5.69 Å². The minimum atomic E-state index is -0.724. The first-order valence-corrected chi connectivity index (χ1v) is 5.35. The van der Waals surface area contributed by atoms with E-state index in [9.17, 15) is 13.6 Å². The normalized spacial score (nSPS) is 17.4. The Morgan fingerprint density at radius 3 is 2.65 bits per heavy atom. The highest BCUT2D eigenvalue weighted by atomic mass is 19.1. The Balaban J connectivity index is 2.60. The van der Waals surface area contributed by atoms with Crippen LogP contribution in [0.15, 0.2) is 12.1 Å². The molecule has 92 valence electrons. The maximum Gasteiger partial charge on any atom is 0.224 e. The largest absolute Gasteiger partial charge is 0.377 e. The molecule has 0 bridgehead atoms. The molecule has 1 heterocycles. The number of rotatable bonds is 0. The van der Waals surface area contributed by atoms with Crippen molar-refractivity contribution in [3.8, 4) is 0 Å². The topological polar surface area (TPSA) is 32.3 Å². The van der Waals surface area contributed by atoms with Gasteiger partial charge in [-0.05, 0) is 19.9 Å². The lowest BCUT2D eigenvalue weighted by atomic mass is 9.99. The molecule has 1 N–H and O–H groups in total. The van der Waals surface area contributed by atoms with Crippen molar-refractivity contribution in [3.05, 3.63) is 23.8 Å². The molecule has 0 unspecified atom stereocenters. The number of fused-ring (bicyclic) bond motifs is 1. The number of carbonyl (C=O) groups is 1. The van der Waals surface area contributed by atoms with Gasteiger partial charge in [-0.15, -0.1) is 0 Å². The highest BCUT2D eigenvalue weighted by molar-refractivity contribution is 5.96. The number of carbonyl (C=O) groups excluding carboxylic acids is 1. The highest BCUT2D eigenvalue weighted by Gasteiger charge is 2.33. The molecule has 17 heavy (non-hydrogen) atoms. The van der Waals surface area contributed by atoms with E-state index in [4.69, 9.17) is 0 Å². The summed E-state index contributed by atoms with van der Waals surface area (Å²) < 4.78 is 26.9. The van der Waals surface area contributed by atoms with Crippen LogP contribution in [0.5, 0.6) is 0 Å². The van der Waals surface area contributed by atoms with Crippen LogP contribution >= 0.6 is 0 Å². The van der Waals surface area contributed by atoms with Gasteiger partial charge in [0.25, 0.3) is 0 Å². The van der Waals surface area contributed by atoms with Crippen LogP contribution in [0.2, 0.25) is 0 Å². The van der Waals surface area contributed by atoms with E-state index in [-0.39, 0.29) is 11.6 Å². The van der Waals surface area contributed by atoms with Crippen LogP contribution in [0, 0.1) is 11.6 Å². The fourth-order valence-corrected chi connectivity index (χ4v) is 2.08. The summed E-state index contributed by atoms with van der Waals surface area (Å²) in [5, 5.41) is 3.03. The molecular weight excluding hydrogens is 226 g/mol. The van der Waals surface area contributed by atoms with Crippen LogP contribution in [0.1, 0.15) is 20.8 Å². The summed E-state index contributed by atoms with van der Waals surface area (Å²) in [6.07, 6.45) is 0. The third-order valence-corrected chi connectivity index (χ3v) is 2.70. The SMILES string of the molecule is CC(=O)N1CC(C)(C)Nc2cc(F)cc(F)c21. The van der Waals surface area contributed by atoms with Gasteiger partial charge in [0, 0.05) is 25.1 Å². The Morgan fingerprint density at radius 2 is 2.06 bits per heavy atom. The Labute approximate surface area is 98.4 Å². The number of benzene rings is 1. The molecule has 1 amide bonds. The predicted molar refractivity (Wildman–Crippen MR) is 62.1 cm³/mol. The van der Waals surface area contributed by atoms with Crippen molar-refractivity contribution in [2.75, 3.05) is 16.8 Å². The number of anilines is 2. The molecule has 0 aromatic heterocycles. The average Bonchev–Trinajstić information content (AvgIpc) is 2.12. The molecule has 0 saturated carbocycles. The Kier molecular flexibility index (Phi) is 2.56. The van der Waals surface area contributed by atoms with Crippen molar-refractivity contribution in [2.45, 2.75) is 26.3 Å². The predicted octanol–water partition coefficient (Wildman–Crippen LogP) is 2.52. The lowest BCUT2D eigenvalue weighted by Gasteiger charge is -2.40. The highest BCUT2D eigenvalue weighted by Crippen LogP contribution is 2.37. The van der Waals surface area contributed by atoms with E-state index in [0.717, 1.165) is 6.07 Å². The Hall–Kier alpha value is -1.65. The van der Waals surface area contributed by atoms with Gasteiger partial charge in [-0.25, -0.2) is 8.78 Å². The van der Waals surface area contributed by atoms with Crippen molar-refractivity contribution in [2.24, 2.45) is 0 Å². The van der Waals surface area contributed by atoms with E-state index >= 15 is 0 Å². The van der Waals surface area contributed by atoms with Crippen molar-refractivity contribution in [1.82, 2.24) is 0 Å². The molecule has 0 radical (unpaired) electrons. The van der Waals surface area contributed by atoms with E-state index in [2.05, 4.69) is 5.32 Å². The molecule has 1 aromatic carbocycles. The quantitative estimate of drug-likeness (QED) is 0.755. The summed E-state index contributed by atoms with van der Waals surface area (Å²) in [4.78, 5) is 12.9. The number of amides is 1. The van der Waals surface area contributed by atoms with Gasteiger partial charge in [-0.2, -0.15) is 0 Å². The Bertz CT molecular complexity index is 486. The van der Waals surface area contributed by atoms with Crippen LogP contribution in [0.25, 0.3) is 0 Å². The summed E-state index contributed by atoms with van der Waals surface area (Å²) >= 11 is 0. The first kappa shape index (κ1) is 11.8. The number of hydrogen-bond donors (Lipinski definition) is 1. The molecule has 1 aromatic rings. The molecule has 0 spiro atoms. The van der Waals surface area contributed by atoms with E-state index in [1.165, 1.54) is 17.9 Å². The van der Waals surface area contributed by atoms with Gasteiger partial charge in [-0.1, -0.05) is 0 Å². The molecule has 3 nitrogen and oxygen atoms in total. The molecule has 0 aliphatic carbocycles. The van der Waals surface area contributed by atoms with Gasteiger partial charge in [0.2, 0.25) is 5.91 Å². The zero-order valence-electron chi connectivity index (χ0n) is 9.97. The monoisotopic (exact) mass is 240 g/mol. The number of halogens is 2. The molecule has 5 heteroatoms. The molecule has 0 atom stereocenters. The smallest absolute Gasteiger partial charge is 0.224 e. The van der Waals surface area contributed by atoms with Crippen LogP contribution < -0.4 is 10.2 Å². The van der Waals surface area contributed by atoms with Crippen LogP contribution in [0.4, 0.5) is 20.2 Å². The van der Waals surface area contributed by atoms with E-state index < -0.39 is 17.2 Å². The molecule has 0 saturated heterocycles. The number of nitrogens with zero attached hydrogens (tertiary/aromatic N) is 1. The summed E-state index contributed by atoms with van der Waals surface area (Å²) in [7, 11) is 0. The maximum absolute atomic E-state index is 13.7. The lowest BCUT2D eigenvalue weighted by Crippen LogP contribution is -2.50. The van der Waals surface area contributed by atoms with Crippen molar-refractivity contribution < 1.29 is 13.6 Å². The molecule has 2 rings (SSSR count). The van der Waals surface area contributed by atoms with Gasteiger partial charge < -0.3 is 10.2 Å². The van der Waals surface area contributed by atoms with E-state index in [1.54, 1.807) is 0 Å². The lowest BCUT2D eigenvalue weighted by molar-refractivity contribution is -0.116. The Morgan fingerprint density at radius 1 is 1.41 bits per heavy atom. The summed E-state index contributed by atoms with van der Waals surface area (Å²) in [6.45, 7) is 5.45. The van der Waals surface area contributed by atoms with Crippen LogP contribution in [-0.4, -0.2) is 18.0 Å². The summed E-state index contributed by atoms with van der Waals surface area (Å²) in [6, 6.07) is 1.99. The molecule has 0 fully saturated rings. The van der Waals surface area contributed by atoms with E-state index in [0.29, 0.717) is 12.2 Å². The second-order valence-corrected chi connectivity index (χ2v) is 4.90. The van der Waals surface area contributed by atoms with Crippen molar-refractivity contribution >= 4 is 17.3 Å². The fraction of sp³-hybridized carbons (Fsp3) is 0.417. The second-order valence-electron chi connectivity index (χ2n) is 4.90. The third kappa shape index (κ3) is 2.09. The maximum atomic E-state index is 13.7. The van der Waals surface area contributed by atoms with E-state index in [1.807, 2.05) is 13.8 Å². The minimum Gasteiger partial charge on any atom is -0.377 e. The molecule has 1 aliphatic rings. The summed E-state index contributed by atoms with van der Waals surface area (Å²) in [5.74, 6) is -1.64. The van der Waals surface area contributed by atoms with Gasteiger partial charge in [0.1, 0.15) is 11.5 Å². The van der Waals surface area contributed by atoms with Crippen LogP contribution in [0.3, 0.4) is 0 Å². The molecule has 1 aliphatic heterocycles. The number of hydrogen-bond acceptors (Lipinski definition) is 2. The van der Waals surface area contributed by atoms with Crippen molar-refractivity contribution in [1.29, 1.82) is 0 Å².